The van der Waals surface area contributed by atoms with Crippen molar-refractivity contribution in [3.05, 3.63) is 50.7 Å². The Bertz CT molecular complexity index is 634. The number of hydrogen-bond donors (Lipinski definition) is 1. The van der Waals surface area contributed by atoms with Gasteiger partial charge in [0.1, 0.15) is 0 Å². The van der Waals surface area contributed by atoms with Gasteiger partial charge < -0.3 is 5.73 Å². The van der Waals surface area contributed by atoms with Crippen molar-refractivity contribution in [2.45, 2.75) is 45.7 Å². The second kappa shape index (κ2) is 6.51. The van der Waals surface area contributed by atoms with Gasteiger partial charge in [0, 0.05) is 23.5 Å². The van der Waals surface area contributed by atoms with E-state index in [-0.39, 0.29) is 0 Å². The molecule has 1 unspecified atom stereocenters. The number of hydrogen-bond acceptors (Lipinski definition) is 2. The SMILES string of the molecule is CCc1nn(CC)c(CC(C)(N)c2ccccc2Cl)c1Br. The van der Waals surface area contributed by atoms with Gasteiger partial charge in [-0.3, -0.25) is 4.68 Å². The molecule has 5 heteroatoms. The summed E-state index contributed by atoms with van der Waals surface area (Å²) in [5, 5.41) is 5.33. The highest BCUT2D eigenvalue weighted by atomic mass is 79.9. The van der Waals surface area contributed by atoms with E-state index in [4.69, 9.17) is 17.3 Å². The van der Waals surface area contributed by atoms with Gasteiger partial charge in [0.15, 0.2) is 0 Å². The highest BCUT2D eigenvalue weighted by Crippen LogP contribution is 2.32. The van der Waals surface area contributed by atoms with Gasteiger partial charge in [-0.2, -0.15) is 5.10 Å². The first-order valence-corrected chi connectivity index (χ1v) is 8.35. The van der Waals surface area contributed by atoms with Crippen LogP contribution in [0.15, 0.2) is 28.7 Å². The molecule has 3 nitrogen and oxygen atoms in total. The second-order valence-corrected chi connectivity index (χ2v) is 6.65. The summed E-state index contributed by atoms with van der Waals surface area (Å²) in [5.74, 6) is 0. The first-order valence-electron chi connectivity index (χ1n) is 7.18. The molecule has 1 atom stereocenters. The monoisotopic (exact) mass is 369 g/mol. The van der Waals surface area contributed by atoms with Crippen LogP contribution in [0.3, 0.4) is 0 Å². The van der Waals surface area contributed by atoms with Crippen LogP contribution in [0.4, 0.5) is 0 Å². The number of halogens is 2. The largest absolute Gasteiger partial charge is 0.321 e. The standard InChI is InChI=1S/C16H21BrClN3/c1-4-13-15(17)14(21(5-2)20-13)10-16(3,19)11-8-6-7-9-12(11)18/h6-9H,4-5,10,19H2,1-3H3. The number of nitrogens with two attached hydrogens (primary N) is 1. The van der Waals surface area contributed by atoms with E-state index in [1.165, 1.54) is 0 Å². The second-order valence-electron chi connectivity index (χ2n) is 5.45. The number of rotatable bonds is 5. The minimum absolute atomic E-state index is 0.543. The molecule has 0 fully saturated rings. The van der Waals surface area contributed by atoms with Crippen LogP contribution in [-0.4, -0.2) is 9.78 Å². The van der Waals surface area contributed by atoms with Gasteiger partial charge >= 0.3 is 0 Å². The summed E-state index contributed by atoms with van der Waals surface area (Å²) in [7, 11) is 0. The Hall–Kier alpha value is -0.840. The molecule has 2 aromatic rings. The molecule has 1 aromatic carbocycles. The first-order chi connectivity index (χ1) is 9.90. The maximum atomic E-state index is 6.57. The van der Waals surface area contributed by atoms with Crippen LogP contribution in [-0.2, 0) is 24.9 Å². The topological polar surface area (TPSA) is 43.8 Å². The number of benzene rings is 1. The van der Waals surface area contributed by atoms with Crippen LogP contribution in [0.2, 0.25) is 5.02 Å². The summed E-state index contributed by atoms with van der Waals surface area (Å²) in [6.45, 7) is 7.03. The predicted molar refractivity (Wildman–Crippen MR) is 91.7 cm³/mol. The fourth-order valence-electron chi connectivity index (χ4n) is 2.55. The van der Waals surface area contributed by atoms with Gasteiger partial charge in [-0.05, 0) is 47.8 Å². The molecule has 0 aliphatic carbocycles. The zero-order chi connectivity index (χ0) is 15.6. The summed E-state index contributed by atoms with van der Waals surface area (Å²) < 4.78 is 3.08. The van der Waals surface area contributed by atoms with Crippen molar-refractivity contribution in [1.82, 2.24) is 9.78 Å². The van der Waals surface area contributed by atoms with Crippen molar-refractivity contribution in [2.75, 3.05) is 0 Å². The molecule has 0 saturated carbocycles. The summed E-state index contributed by atoms with van der Waals surface area (Å²) in [5.41, 5.74) is 9.18. The van der Waals surface area contributed by atoms with Gasteiger partial charge in [0.05, 0.1) is 15.9 Å². The van der Waals surface area contributed by atoms with E-state index in [0.717, 1.165) is 34.4 Å². The average Bonchev–Trinajstić information content (AvgIpc) is 2.75. The van der Waals surface area contributed by atoms with E-state index in [1.54, 1.807) is 0 Å². The zero-order valence-corrected chi connectivity index (χ0v) is 15.0. The van der Waals surface area contributed by atoms with Crippen LogP contribution in [0.25, 0.3) is 0 Å². The molecule has 114 valence electrons. The number of aryl methyl sites for hydroxylation is 2. The Kier molecular flexibility index (Phi) is 5.12. The van der Waals surface area contributed by atoms with Gasteiger partial charge in [-0.1, -0.05) is 36.7 Å². The summed E-state index contributed by atoms with van der Waals surface area (Å²) in [6.07, 6.45) is 1.58. The van der Waals surface area contributed by atoms with E-state index in [0.29, 0.717) is 11.4 Å². The van der Waals surface area contributed by atoms with Crippen LogP contribution in [0.1, 0.15) is 37.7 Å². The van der Waals surface area contributed by atoms with Crippen molar-refractivity contribution in [3.63, 3.8) is 0 Å². The molecule has 0 spiro atoms. The Balaban J connectivity index is 2.41. The summed E-state index contributed by atoms with van der Waals surface area (Å²) in [6, 6.07) is 7.76. The van der Waals surface area contributed by atoms with Crippen molar-refractivity contribution in [2.24, 2.45) is 5.73 Å². The molecule has 0 bridgehead atoms. The third-order valence-electron chi connectivity index (χ3n) is 3.72. The molecule has 2 rings (SSSR count). The maximum absolute atomic E-state index is 6.57. The molecular weight excluding hydrogens is 350 g/mol. The average molecular weight is 371 g/mol. The van der Waals surface area contributed by atoms with Gasteiger partial charge in [0.25, 0.3) is 0 Å². The fraction of sp³-hybridized carbons (Fsp3) is 0.438. The van der Waals surface area contributed by atoms with Gasteiger partial charge in [0.2, 0.25) is 0 Å². The van der Waals surface area contributed by atoms with Crippen molar-refractivity contribution >= 4 is 27.5 Å². The molecule has 0 radical (unpaired) electrons. The van der Waals surface area contributed by atoms with E-state index >= 15 is 0 Å². The van der Waals surface area contributed by atoms with Crippen LogP contribution in [0, 0.1) is 0 Å². The van der Waals surface area contributed by atoms with E-state index in [9.17, 15) is 0 Å². The Morgan fingerprint density at radius 2 is 2.00 bits per heavy atom. The smallest absolute Gasteiger partial charge is 0.0766 e. The number of nitrogens with zero attached hydrogens (tertiary/aromatic N) is 2. The first kappa shape index (κ1) is 16.5. The van der Waals surface area contributed by atoms with Crippen molar-refractivity contribution < 1.29 is 0 Å². The molecule has 21 heavy (non-hydrogen) atoms. The fourth-order valence-corrected chi connectivity index (χ4v) is 3.61. The van der Waals surface area contributed by atoms with E-state index in [1.807, 2.05) is 35.9 Å². The molecular formula is C16H21BrClN3. The minimum Gasteiger partial charge on any atom is -0.321 e. The quantitative estimate of drug-likeness (QED) is 0.853. The third kappa shape index (κ3) is 3.33. The minimum atomic E-state index is -0.543. The van der Waals surface area contributed by atoms with Gasteiger partial charge in [-0.15, -0.1) is 0 Å². The lowest BCUT2D eigenvalue weighted by molar-refractivity contribution is 0.463. The van der Waals surface area contributed by atoms with Crippen LogP contribution >= 0.6 is 27.5 Å². The Labute approximate surface area is 139 Å². The Morgan fingerprint density at radius 1 is 1.33 bits per heavy atom. The lowest BCUT2D eigenvalue weighted by Crippen LogP contribution is -2.36. The molecule has 0 amide bonds. The normalized spacial score (nSPS) is 14.2. The highest BCUT2D eigenvalue weighted by Gasteiger charge is 2.28. The summed E-state index contributed by atoms with van der Waals surface area (Å²) >= 11 is 9.98. The maximum Gasteiger partial charge on any atom is 0.0766 e. The zero-order valence-electron chi connectivity index (χ0n) is 12.7. The van der Waals surface area contributed by atoms with E-state index < -0.39 is 5.54 Å². The Morgan fingerprint density at radius 3 is 2.57 bits per heavy atom. The van der Waals surface area contributed by atoms with Crippen molar-refractivity contribution in [1.29, 1.82) is 0 Å². The third-order valence-corrected chi connectivity index (χ3v) is 4.96. The lowest BCUT2D eigenvalue weighted by atomic mass is 9.88. The highest BCUT2D eigenvalue weighted by molar-refractivity contribution is 9.10. The predicted octanol–water partition coefficient (Wildman–Crippen LogP) is 4.30. The molecule has 1 heterocycles. The van der Waals surface area contributed by atoms with E-state index in [2.05, 4.69) is 34.9 Å². The van der Waals surface area contributed by atoms with Gasteiger partial charge in [-0.25, -0.2) is 0 Å². The molecule has 0 saturated heterocycles. The molecule has 0 aliphatic rings. The molecule has 1 aromatic heterocycles. The van der Waals surface area contributed by atoms with Crippen LogP contribution in [0.5, 0.6) is 0 Å². The van der Waals surface area contributed by atoms with Crippen molar-refractivity contribution in [3.8, 4) is 0 Å². The summed E-state index contributed by atoms with van der Waals surface area (Å²) in [4.78, 5) is 0. The number of aromatic nitrogens is 2. The lowest BCUT2D eigenvalue weighted by Gasteiger charge is -2.27. The molecule has 2 N–H and O–H groups in total. The molecule has 0 aliphatic heterocycles. The van der Waals surface area contributed by atoms with Crippen LogP contribution < -0.4 is 5.73 Å².